The van der Waals surface area contributed by atoms with Gasteiger partial charge in [-0.2, -0.15) is 10.5 Å². The summed E-state index contributed by atoms with van der Waals surface area (Å²) in [5.41, 5.74) is -0.533. The molecule has 0 unspecified atom stereocenters. The highest BCUT2D eigenvalue weighted by Crippen LogP contribution is 1.93. The van der Waals surface area contributed by atoms with Gasteiger partial charge in [-0.3, -0.25) is 0 Å². The molecular weight excluding hydrogens is 292 g/mol. The Balaban J connectivity index is 3.39. The molecule has 0 radical (unpaired) electrons. The number of carbonyl (C=O) groups excluding carboxylic acids is 2. The van der Waals surface area contributed by atoms with Crippen molar-refractivity contribution in [2.75, 3.05) is 39.6 Å². The molecule has 0 amide bonds. The molecule has 0 N–H and O–H groups in total. The second-order valence-electron chi connectivity index (χ2n) is 3.68. The molecule has 0 spiro atoms. The van der Waals surface area contributed by atoms with E-state index in [1.807, 2.05) is 0 Å². The Kier molecular flexibility index (Phi) is 10.6. The molecule has 22 heavy (non-hydrogen) atoms. The topological polar surface area (TPSA) is 119 Å². The molecule has 0 saturated carbocycles. The highest BCUT2D eigenvalue weighted by Gasteiger charge is 2.07. The maximum atomic E-state index is 11.0. The standard InChI is InChI=1S/C14H16N2O6/c1-11(9-15)13(17)21-7-5-19-3-4-20-6-8-22-14(18)12(2)10-16/h1-8H2. The fourth-order valence-electron chi connectivity index (χ4n) is 0.974. The van der Waals surface area contributed by atoms with E-state index in [1.54, 1.807) is 12.1 Å². The van der Waals surface area contributed by atoms with Crippen molar-refractivity contribution in [3.63, 3.8) is 0 Å². The molecular formula is C14H16N2O6. The van der Waals surface area contributed by atoms with Crippen LogP contribution < -0.4 is 0 Å². The van der Waals surface area contributed by atoms with Crippen LogP contribution in [0, 0.1) is 22.7 Å². The highest BCUT2D eigenvalue weighted by atomic mass is 16.6. The molecule has 0 bridgehead atoms. The molecule has 0 heterocycles. The van der Waals surface area contributed by atoms with Gasteiger partial charge in [0.05, 0.1) is 26.4 Å². The van der Waals surface area contributed by atoms with Crippen molar-refractivity contribution in [2.45, 2.75) is 0 Å². The third-order valence-corrected chi connectivity index (χ3v) is 2.06. The number of nitrogens with zero attached hydrogens (tertiary/aromatic N) is 2. The number of ether oxygens (including phenoxy) is 4. The summed E-state index contributed by atoms with van der Waals surface area (Å²) in [5, 5.41) is 16.8. The lowest BCUT2D eigenvalue weighted by atomic mass is 10.3. The van der Waals surface area contributed by atoms with E-state index >= 15 is 0 Å². The van der Waals surface area contributed by atoms with Crippen molar-refractivity contribution >= 4 is 11.9 Å². The number of carbonyl (C=O) groups is 2. The van der Waals surface area contributed by atoms with Crippen LogP contribution in [-0.4, -0.2) is 51.6 Å². The monoisotopic (exact) mass is 308 g/mol. The number of rotatable bonds is 11. The van der Waals surface area contributed by atoms with Gasteiger partial charge in [0, 0.05) is 0 Å². The quantitative estimate of drug-likeness (QED) is 0.231. The van der Waals surface area contributed by atoms with Crippen LogP contribution in [0.5, 0.6) is 0 Å². The van der Waals surface area contributed by atoms with Crippen LogP contribution in [-0.2, 0) is 28.5 Å². The third-order valence-electron chi connectivity index (χ3n) is 2.06. The van der Waals surface area contributed by atoms with E-state index in [2.05, 4.69) is 22.6 Å². The van der Waals surface area contributed by atoms with E-state index in [1.165, 1.54) is 0 Å². The molecule has 118 valence electrons. The van der Waals surface area contributed by atoms with E-state index in [0.29, 0.717) is 0 Å². The molecule has 0 aromatic heterocycles. The first-order valence-corrected chi connectivity index (χ1v) is 6.20. The minimum Gasteiger partial charge on any atom is -0.459 e. The summed E-state index contributed by atoms with van der Waals surface area (Å²) < 4.78 is 19.6. The van der Waals surface area contributed by atoms with Gasteiger partial charge in [-0.25, -0.2) is 9.59 Å². The Bertz CT molecular complexity index is 454. The lowest BCUT2D eigenvalue weighted by Crippen LogP contribution is -2.15. The predicted molar refractivity (Wildman–Crippen MR) is 73.1 cm³/mol. The highest BCUT2D eigenvalue weighted by molar-refractivity contribution is 5.92. The molecule has 0 atom stereocenters. The summed E-state index contributed by atoms with van der Waals surface area (Å²) in [6, 6.07) is 3.15. The summed E-state index contributed by atoms with van der Waals surface area (Å²) in [6.07, 6.45) is 0. The van der Waals surface area contributed by atoms with Gasteiger partial charge in [0.15, 0.2) is 0 Å². The predicted octanol–water partition coefficient (Wildman–Crippen LogP) is 0.266. The first-order valence-electron chi connectivity index (χ1n) is 6.20. The van der Waals surface area contributed by atoms with Crippen LogP contribution in [0.15, 0.2) is 24.3 Å². The number of esters is 2. The van der Waals surface area contributed by atoms with Crippen molar-refractivity contribution in [3.05, 3.63) is 24.3 Å². The lowest BCUT2D eigenvalue weighted by Gasteiger charge is -2.07. The van der Waals surface area contributed by atoms with E-state index in [4.69, 9.17) is 20.0 Å². The van der Waals surface area contributed by atoms with Gasteiger partial charge in [-0.15, -0.1) is 0 Å². The second-order valence-corrected chi connectivity index (χ2v) is 3.68. The van der Waals surface area contributed by atoms with Gasteiger partial charge < -0.3 is 18.9 Å². The zero-order valence-electron chi connectivity index (χ0n) is 12.0. The normalized spacial score (nSPS) is 9.18. The van der Waals surface area contributed by atoms with Crippen LogP contribution in [0.2, 0.25) is 0 Å². The summed E-state index contributed by atoms with van der Waals surface area (Å²) in [6.45, 7) is 7.25. The molecule has 8 nitrogen and oxygen atoms in total. The maximum absolute atomic E-state index is 11.0. The summed E-state index contributed by atoms with van der Waals surface area (Å²) in [7, 11) is 0. The van der Waals surface area contributed by atoms with Gasteiger partial charge in [0.1, 0.15) is 36.5 Å². The molecule has 0 saturated heterocycles. The first-order chi connectivity index (χ1) is 10.5. The Morgan fingerprint density at radius 1 is 0.727 bits per heavy atom. The van der Waals surface area contributed by atoms with E-state index < -0.39 is 11.9 Å². The summed E-state index contributed by atoms with van der Waals surface area (Å²) in [5.74, 6) is -1.55. The second kappa shape index (κ2) is 12.1. The van der Waals surface area contributed by atoms with Crippen LogP contribution >= 0.6 is 0 Å². The lowest BCUT2D eigenvalue weighted by molar-refractivity contribution is -0.141. The average molecular weight is 308 g/mol. The Labute approximate surface area is 128 Å². The molecule has 0 aliphatic carbocycles. The molecule has 8 heteroatoms. The first kappa shape index (κ1) is 19.3. The van der Waals surface area contributed by atoms with Crippen molar-refractivity contribution < 1.29 is 28.5 Å². The largest absolute Gasteiger partial charge is 0.459 e. The van der Waals surface area contributed by atoms with E-state index in [0.717, 1.165) is 0 Å². The number of hydrogen-bond donors (Lipinski definition) is 0. The molecule has 0 aromatic rings. The van der Waals surface area contributed by atoms with Crippen molar-refractivity contribution in [2.24, 2.45) is 0 Å². The minimum atomic E-state index is -0.775. The zero-order chi connectivity index (χ0) is 16.8. The summed E-state index contributed by atoms with van der Waals surface area (Å²) in [4.78, 5) is 22.0. The van der Waals surface area contributed by atoms with Gasteiger partial charge >= 0.3 is 11.9 Å². The molecule has 0 rings (SSSR count). The van der Waals surface area contributed by atoms with Gasteiger partial charge in [-0.1, -0.05) is 13.2 Å². The molecule has 0 aliphatic rings. The van der Waals surface area contributed by atoms with Crippen molar-refractivity contribution in [1.82, 2.24) is 0 Å². The SMILES string of the molecule is C=C(C#N)C(=O)OCCOCCOCCOC(=O)C(=C)C#N. The minimum absolute atomic E-state index is 0.00736. The van der Waals surface area contributed by atoms with Gasteiger partial charge in [0.2, 0.25) is 0 Å². The fourth-order valence-corrected chi connectivity index (χ4v) is 0.974. The maximum Gasteiger partial charge on any atom is 0.348 e. The van der Waals surface area contributed by atoms with E-state index in [-0.39, 0.29) is 50.8 Å². The van der Waals surface area contributed by atoms with Crippen LogP contribution in [0.4, 0.5) is 0 Å². The average Bonchev–Trinajstić information content (AvgIpc) is 2.54. The zero-order valence-corrected chi connectivity index (χ0v) is 12.0. The third kappa shape index (κ3) is 9.26. The van der Waals surface area contributed by atoms with E-state index in [9.17, 15) is 9.59 Å². The van der Waals surface area contributed by atoms with Crippen molar-refractivity contribution in [3.8, 4) is 12.1 Å². The molecule has 0 aromatic carbocycles. The number of nitriles is 2. The van der Waals surface area contributed by atoms with Gasteiger partial charge in [-0.05, 0) is 0 Å². The van der Waals surface area contributed by atoms with Crippen LogP contribution in [0.25, 0.3) is 0 Å². The van der Waals surface area contributed by atoms with Gasteiger partial charge in [0.25, 0.3) is 0 Å². The summed E-state index contributed by atoms with van der Waals surface area (Å²) >= 11 is 0. The number of hydrogen-bond acceptors (Lipinski definition) is 8. The van der Waals surface area contributed by atoms with Crippen LogP contribution in [0.1, 0.15) is 0 Å². The van der Waals surface area contributed by atoms with Crippen molar-refractivity contribution in [1.29, 1.82) is 10.5 Å². The Hall–Kier alpha value is -2.68. The smallest absolute Gasteiger partial charge is 0.348 e. The Morgan fingerprint density at radius 3 is 1.36 bits per heavy atom. The molecule has 0 aliphatic heterocycles. The van der Waals surface area contributed by atoms with Crippen LogP contribution in [0.3, 0.4) is 0 Å². The molecule has 0 fully saturated rings. The Morgan fingerprint density at radius 2 is 1.05 bits per heavy atom. The fraction of sp³-hybridized carbons (Fsp3) is 0.429.